The highest BCUT2D eigenvalue weighted by molar-refractivity contribution is 7.89. The lowest BCUT2D eigenvalue weighted by Crippen LogP contribution is -2.42. The maximum Gasteiger partial charge on any atom is 0.339 e. The molecular formula is C19H23NO5S. The molecule has 7 heteroatoms. The lowest BCUT2D eigenvalue weighted by molar-refractivity contribution is 0.134. The lowest BCUT2D eigenvalue weighted by Gasteiger charge is -2.31. The number of piperidine rings is 1. The second kappa shape index (κ2) is 7.25. The zero-order valence-corrected chi connectivity index (χ0v) is 16.0. The third kappa shape index (κ3) is 3.99. The van der Waals surface area contributed by atoms with Gasteiger partial charge in [0.05, 0.1) is 11.0 Å². The van der Waals surface area contributed by atoms with Crippen LogP contribution in [0.25, 0.3) is 0 Å². The molecule has 1 aromatic carbocycles. The molecule has 6 nitrogen and oxygen atoms in total. The third-order valence-corrected chi connectivity index (χ3v) is 6.57. The number of sulfonamides is 1. The summed E-state index contributed by atoms with van der Waals surface area (Å²) in [6.07, 6.45) is 1.02. The SMILES string of the molecule is Cc1ccc(C)c(S(=O)(=O)N2CCC(Oc3cc(C)oc(=O)c3)CC2)c1. The van der Waals surface area contributed by atoms with E-state index in [9.17, 15) is 13.2 Å². The molecule has 0 saturated carbocycles. The number of nitrogens with zero attached hydrogens (tertiary/aromatic N) is 1. The number of aryl methyl sites for hydroxylation is 3. The lowest BCUT2D eigenvalue weighted by atomic mass is 10.1. The molecule has 1 saturated heterocycles. The summed E-state index contributed by atoms with van der Waals surface area (Å²) in [6.45, 7) is 6.16. The molecule has 0 spiro atoms. The van der Waals surface area contributed by atoms with Crippen LogP contribution in [-0.2, 0) is 10.0 Å². The molecule has 0 atom stereocenters. The largest absolute Gasteiger partial charge is 0.490 e. The van der Waals surface area contributed by atoms with Crippen molar-refractivity contribution in [1.82, 2.24) is 4.31 Å². The fraction of sp³-hybridized carbons (Fsp3) is 0.421. The number of benzene rings is 1. The first-order valence-corrected chi connectivity index (χ1v) is 10.1. The van der Waals surface area contributed by atoms with Gasteiger partial charge >= 0.3 is 5.63 Å². The van der Waals surface area contributed by atoms with Gasteiger partial charge in [-0.1, -0.05) is 12.1 Å². The average Bonchev–Trinajstić information content (AvgIpc) is 2.56. The first-order chi connectivity index (χ1) is 12.3. The molecule has 3 rings (SSSR count). The normalized spacial score (nSPS) is 16.6. The highest BCUT2D eigenvalue weighted by atomic mass is 32.2. The van der Waals surface area contributed by atoms with Crippen LogP contribution in [-0.4, -0.2) is 31.9 Å². The van der Waals surface area contributed by atoms with Crippen LogP contribution < -0.4 is 10.4 Å². The topological polar surface area (TPSA) is 76.8 Å². The molecule has 140 valence electrons. The smallest absolute Gasteiger partial charge is 0.339 e. The van der Waals surface area contributed by atoms with Crippen LogP contribution >= 0.6 is 0 Å². The predicted octanol–water partition coefficient (Wildman–Crippen LogP) is 2.80. The summed E-state index contributed by atoms with van der Waals surface area (Å²) in [5.41, 5.74) is 1.22. The predicted molar refractivity (Wildman–Crippen MR) is 98.0 cm³/mol. The second-order valence-corrected chi connectivity index (χ2v) is 8.62. The summed E-state index contributed by atoms with van der Waals surface area (Å²) < 4.78 is 38.2. The molecule has 1 aliphatic rings. The van der Waals surface area contributed by atoms with E-state index in [-0.39, 0.29) is 6.10 Å². The van der Waals surface area contributed by atoms with E-state index >= 15 is 0 Å². The van der Waals surface area contributed by atoms with Gasteiger partial charge in [0.25, 0.3) is 0 Å². The van der Waals surface area contributed by atoms with Crippen LogP contribution in [0.5, 0.6) is 5.75 Å². The van der Waals surface area contributed by atoms with E-state index in [4.69, 9.17) is 9.15 Å². The number of ether oxygens (including phenoxy) is 1. The molecule has 1 aromatic heterocycles. The van der Waals surface area contributed by atoms with Crippen LogP contribution in [0.4, 0.5) is 0 Å². The van der Waals surface area contributed by atoms with Gasteiger partial charge in [0.1, 0.15) is 17.6 Å². The molecule has 0 radical (unpaired) electrons. The quantitative estimate of drug-likeness (QED) is 0.819. The second-order valence-electron chi connectivity index (χ2n) is 6.71. The third-order valence-electron chi connectivity index (χ3n) is 4.53. The molecule has 0 N–H and O–H groups in total. The molecule has 1 aliphatic heterocycles. The van der Waals surface area contributed by atoms with E-state index in [0.29, 0.717) is 42.3 Å². The van der Waals surface area contributed by atoms with Gasteiger partial charge in [0, 0.05) is 19.2 Å². The summed E-state index contributed by atoms with van der Waals surface area (Å²) in [7, 11) is -3.51. The molecule has 0 unspecified atom stereocenters. The standard InChI is InChI=1S/C19H23NO5S/c1-13-4-5-14(2)18(10-13)26(22,23)20-8-6-16(7-9-20)25-17-11-15(3)24-19(21)12-17/h4-5,10-12,16H,6-9H2,1-3H3. The van der Waals surface area contributed by atoms with Crippen molar-refractivity contribution in [3.8, 4) is 5.75 Å². The van der Waals surface area contributed by atoms with Gasteiger partial charge in [-0.25, -0.2) is 13.2 Å². The van der Waals surface area contributed by atoms with Crippen molar-refractivity contribution in [3.63, 3.8) is 0 Å². The monoisotopic (exact) mass is 377 g/mol. The van der Waals surface area contributed by atoms with E-state index < -0.39 is 15.6 Å². The van der Waals surface area contributed by atoms with Gasteiger partial charge in [-0.15, -0.1) is 0 Å². The Morgan fingerprint density at radius 2 is 1.77 bits per heavy atom. The fourth-order valence-corrected chi connectivity index (χ4v) is 4.93. The Labute approximate surface area is 153 Å². The van der Waals surface area contributed by atoms with E-state index in [2.05, 4.69) is 0 Å². The van der Waals surface area contributed by atoms with Gasteiger partial charge in [0.2, 0.25) is 10.0 Å². The van der Waals surface area contributed by atoms with E-state index in [0.717, 1.165) is 11.1 Å². The Morgan fingerprint density at radius 3 is 2.42 bits per heavy atom. The number of hydrogen-bond donors (Lipinski definition) is 0. The van der Waals surface area contributed by atoms with Crippen LogP contribution in [0.3, 0.4) is 0 Å². The van der Waals surface area contributed by atoms with E-state index in [1.54, 1.807) is 19.1 Å². The zero-order chi connectivity index (χ0) is 18.9. The highest BCUT2D eigenvalue weighted by Gasteiger charge is 2.31. The molecule has 0 amide bonds. The Balaban J connectivity index is 1.69. The van der Waals surface area contributed by atoms with Crippen molar-refractivity contribution in [2.45, 2.75) is 44.6 Å². The Kier molecular flexibility index (Phi) is 5.20. The van der Waals surface area contributed by atoms with Gasteiger partial charge in [-0.3, -0.25) is 0 Å². The van der Waals surface area contributed by atoms with Crippen LogP contribution in [0, 0.1) is 20.8 Å². The Bertz CT molecular complexity index is 956. The Morgan fingerprint density at radius 1 is 1.08 bits per heavy atom. The molecule has 2 heterocycles. The van der Waals surface area contributed by atoms with Crippen molar-refractivity contribution in [1.29, 1.82) is 0 Å². The minimum Gasteiger partial charge on any atom is -0.490 e. The average molecular weight is 377 g/mol. The van der Waals surface area contributed by atoms with Crippen molar-refractivity contribution in [2.75, 3.05) is 13.1 Å². The molecule has 2 aromatic rings. The molecule has 0 bridgehead atoms. The van der Waals surface area contributed by atoms with Crippen molar-refractivity contribution >= 4 is 10.0 Å². The maximum atomic E-state index is 12.9. The number of rotatable bonds is 4. The molecule has 1 fully saturated rings. The van der Waals surface area contributed by atoms with Crippen LogP contribution in [0.1, 0.15) is 29.7 Å². The van der Waals surface area contributed by atoms with Gasteiger partial charge in [-0.2, -0.15) is 4.31 Å². The molecular weight excluding hydrogens is 354 g/mol. The summed E-state index contributed by atoms with van der Waals surface area (Å²) in [4.78, 5) is 11.8. The summed E-state index contributed by atoms with van der Waals surface area (Å²) in [5, 5.41) is 0. The maximum absolute atomic E-state index is 12.9. The fourth-order valence-electron chi connectivity index (χ4n) is 3.15. The van der Waals surface area contributed by atoms with Gasteiger partial charge in [0.15, 0.2) is 0 Å². The first kappa shape index (κ1) is 18.7. The highest BCUT2D eigenvalue weighted by Crippen LogP contribution is 2.26. The number of hydrogen-bond acceptors (Lipinski definition) is 5. The van der Waals surface area contributed by atoms with Gasteiger partial charge < -0.3 is 9.15 Å². The summed E-state index contributed by atoms with van der Waals surface area (Å²) in [5.74, 6) is 0.956. The Hall–Kier alpha value is -2.12. The van der Waals surface area contributed by atoms with Crippen molar-refractivity contribution < 1.29 is 17.6 Å². The zero-order valence-electron chi connectivity index (χ0n) is 15.2. The summed E-state index contributed by atoms with van der Waals surface area (Å²) >= 11 is 0. The van der Waals surface area contributed by atoms with Crippen molar-refractivity contribution in [2.24, 2.45) is 0 Å². The minimum atomic E-state index is -3.51. The first-order valence-electron chi connectivity index (χ1n) is 8.61. The van der Waals surface area contributed by atoms with Crippen LogP contribution in [0.2, 0.25) is 0 Å². The van der Waals surface area contributed by atoms with Crippen molar-refractivity contribution in [3.05, 3.63) is 57.6 Å². The van der Waals surface area contributed by atoms with E-state index in [1.165, 1.54) is 10.4 Å². The molecule has 0 aliphatic carbocycles. The van der Waals surface area contributed by atoms with Gasteiger partial charge in [-0.05, 0) is 50.8 Å². The van der Waals surface area contributed by atoms with Crippen LogP contribution in [0.15, 0.2) is 44.4 Å². The summed E-state index contributed by atoms with van der Waals surface area (Å²) in [6, 6.07) is 8.44. The molecule has 26 heavy (non-hydrogen) atoms. The minimum absolute atomic E-state index is 0.124. The van der Waals surface area contributed by atoms with E-state index in [1.807, 2.05) is 26.0 Å².